The number of anilines is 1. The number of benzene rings is 2. The maximum absolute atomic E-state index is 14.6. The summed E-state index contributed by atoms with van der Waals surface area (Å²) in [6.07, 6.45) is 3.11. The van der Waals surface area contributed by atoms with Gasteiger partial charge in [0.1, 0.15) is 35.0 Å². The molecule has 4 aromatic rings. The van der Waals surface area contributed by atoms with E-state index >= 15 is 0 Å². The van der Waals surface area contributed by atoms with E-state index < -0.39 is 5.97 Å². The monoisotopic (exact) mass is 526 g/mol. The second-order valence-electron chi connectivity index (χ2n) is 8.50. The number of methoxy groups -OCH3 is 1. The lowest BCUT2D eigenvalue weighted by molar-refractivity contribution is 0.0692. The molecule has 37 heavy (non-hydrogen) atoms. The van der Waals surface area contributed by atoms with Gasteiger partial charge in [0.15, 0.2) is 0 Å². The van der Waals surface area contributed by atoms with E-state index in [4.69, 9.17) is 21.1 Å². The zero-order valence-corrected chi connectivity index (χ0v) is 21.6. The molecule has 8 nitrogen and oxygen atoms in total. The molecule has 10 heteroatoms. The number of rotatable bonds is 11. The molecule has 0 spiro atoms. The first-order valence-electron chi connectivity index (χ1n) is 11.9. The predicted molar refractivity (Wildman–Crippen MR) is 142 cm³/mol. The Hall–Kier alpha value is -3.85. The van der Waals surface area contributed by atoms with Crippen LogP contribution < -0.4 is 14.8 Å². The largest absolute Gasteiger partial charge is 0.496 e. The van der Waals surface area contributed by atoms with Gasteiger partial charge in [0, 0.05) is 35.8 Å². The highest BCUT2D eigenvalue weighted by Gasteiger charge is 2.19. The van der Waals surface area contributed by atoms with Crippen molar-refractivity contribution < 1.29 is 23.8 Å². The SMILES string of the molecule is CCCCOc1cc(-c2cc(NCCn3c(C)cc4c(OC)ccc(F)c43)ncn2)cc(Cl)c1C(=O)O. The van der Waals surface area contributed by atoms with Gasteiger partial charge in [-0.2, -0.15) is 0 Å². The number of nitrogens with one attached hydrogen (secondary N) is 1. The summed E-state index contributed by atoms with van der Waals surface area (Å²) < 4.78 is 27.6. The molecule has 194 valence electrons. The van der Waals surface area contributed by atoms with Gasteiger partial charge < -0.3 is 24.5 Å². The normalized spacial score (nSPS) is 11.1. The number of carboxylic acid groups (broad SMARTS) is 1. The number of hydrogen-bond donors (Lipinski definition) is 2. The van der Waals surface area contributed by atoms with E-state index in [1.165, 1.54) is 12.4 Å². The summed E-state index contributed by atoms with van der Waals surface area (Å²) in [4.78, 5) is 20.3. The van der Waals surface area contributed by atoms with E-state index in [1.807, 2.05) is 24.5 Å². The van der Waals surface area contributed by atoms with Gasteiger partial charge in [0.2, 0.25) is 0 Å². The Balaban J connectivity index is 1.54. The topological polar surface area (TPSA) is 98.5 Å². The smallest absolute Gasteiger partial charge is 0.341 e. The summed E-state index contributed by atoms with van der Waals surface area (Å²) >= 11 is 6.31. The summed E-state index contributed by atoms with van der Waals surface area (Å²) in [7, 11) is 1.57. The molecule has 2 heterocycles. The number of carboxylic acids is 1. The standard InChI is InChI=1S/C27H28ClFN4O4/c1-4-5-10-37-23-13-17(12-19(28)25(23)27(34)35)21-14-24(32-15-31-21)30-8-9-33-16(2)11-18-22(36-3)7-6-20(29)26(18)33/h6-7,11-15H,4-5,8-10H2,1-3H3,(H,34,35)(H,30,31,32). The molecule has 0 bridgehead atoms. The summed E-state index contributed by atoms with van der Waals surface area (Å²) in [5.41, 5.74) is 2.48. The number of hydrogen-bond acceptors (Lipinski definition) is 6. The molecule has 0 aliphatic rings. The number of aromatic carboxylic acids is 1. The Bertz CT molecular complexity index is 1440. The van der Waals surface area contributed by atoms with Crippen LogP contribution in [0.1, 0.15) is 35.8 Å². The fraction of sp³-hybridized carbons (Fsp3) is 0.296. The molecule has 2 N–H and O–H groups in total. The molecule has 0 saturated heterocycles. The average Bonchev–Trinajstić information content (AvgIpc) is 3.21. The third-order valence-electron chi connectivity index (χ3n) is 6.02. The van der Waals surface area contributed by atoms with E-state index in [0.29, 0.717) is 48.0 Å². The summed E-state index contributed by atoms with van der Waals surface area (Å²) in [5.74, 6) is -0.0906. The molecule has 0 fully saturated rings. The van der Waals surface area contributed by atoms with E-state index in [2.05, 4.69) is 15.3 Å². The van der Waals surface area contributed by atoms with Gasteiger partial charge in [-0.15, -0.1) is 0 Å². The minimum Gasteiger partial charge on any atom is -0.496 e. The van der Waals surface area contributed by atoms with Crippen molar-refractivity contribution in [2.45, 2.75) is 33.2 Å². The molecule has 0 unspecified atom stereocenters. The molecule has 0 radical (unpaired) electrons. The number of fused-ring (bicyclic) bond motifs is 1. The number of ether oxygens (including phenoxy) is 2. The predicted octanol–water partition coefficient (Wildman–Crippen LogP) is 6.20. The van der Waals surface area contributed by atoms with Crippen molar-refractivity contribution in [3.63, 3.8) is 0 Å². The zero-order chi connectivity index (χ0) is 26.5. The first-order valence-corrected chi connectivity index (χ1v) is 12.3. The summed E-state index contributed by atoms with van der Waals surface area (Å²) in [6, 6.07) is 9.86. The third-order valence-corrected chi connectivity index (χ3v) is 6.32. The Morgan fingerprint density at radius 1 is 1.19 bits per heavy atom. The van der Waals surface area contributed by atoms with Gasteiger partial charge >= 0.3 is 5.97 Å². The maximum Gasteiger partial charge on any atom is 0.341 e. The molecular weight excluding hydrogens is 499 g/mol. The van der Waals surface area contributed by atoms with Crippen LogP contribution in [0.3, 0.4) is 0 Å². The van der Waals surface area contributed by atoms with Gasteiger partial charge in [0.25, 0.3) is 0 Å². The number of carbonyl (C=O) groups is 1. The number of aryl methyl sites for hydroxylation is 1. The lowest BCUT2D eigenvalue weighted by Gasteiger charge is -2.13. The van der Waals surface area contributed by atoms with Crippen LogP contribution in [0.4, 0.5) is 10.2 Å². The fourth-order valence-electron chi connectivity index (χ4n) is 4.19. The van der Waals surface area contributed by atoms with Crippen LogP contribution >= 0.6 is 11.6 Å². The highest BCUT2D eigenvalue weighted by Crippen LogP contribution is 2.34. The van der Waals surface area contributed by atoms with Crippen molar-refractivity contribution in [3.8, 4) is 22.8 Å². The molecule has 0 aliphatic heterocycles. The lowest BCUT2D eigenvalue weighted by atomic mass is 10.1. The van der Waals surface area contributed by atoms with E-state index in [1.54, 1.807) is 31.4 Å². The maximum atomic E-state index is 14.6. The molecule has 2 aromatic carbocycles. The number of unbranched alkanes of at least 4 members (excludes halogenated alkanes) is 1. The number of aromatic nitrogens is 3. The molecule has 0 atom stereocenters. The Labute approximate surface area is 219 Å². The number of halogens is 2. The quantitative estimate of drug-likeness (QED) is 0.225. The Morgan fingerprint density at radius 3 is 2.73 bits per heavy atom. The molecule has 4 rings (SSSR count). The van der Waals surface area contributed by atoms with Crippen molar-refractivity contribution in [1.82, 2.24) is 14.5 Å². The van der Waals surface area contributed by atoms with Gasteiger partial charge in [0.05, 0.1) is 29.9 Å². The second-order valence-corrected chi connectivity index (χ2v) is 8.91. The van der Waals surface area contributed by atoms with Crippen molar-refractivity contribution in [1.29, 1.82) is 0 Å². The third kappa shape index (κ3) is 5.61. The van der Waals surface area contributed by atoms with Gasteiger partial charge in [-0.3, -0.25) is 0 Å². The van der Waals surface area contributed by atoms with Crippen molar-refractivity contribution in [2.75, 3.05) is 25.6 Å². The Morgan fingerprint density at radius 2 is 2.00 bits per heavy atom. The van der Waals surface area contributed by atoms with Gasteiger partial charge in [-0.25, -0.2) is 19.2 Å². The summed E-state index contributed by atoms with van der Waals surface area (Å²) in [6.45, 7) is 5.29. The highest BCUT2D eigenvalue weighted by molar-refractivity contribution is 6.34. The van der Waals surface area contributed by atoms with Crippen LogP contribution in [-0.2, 0) is 6.54 Å². The van der Waals surface area contributed by atoms with Crippen LogP contribution in [0, 0.1) is 12.7 Å². The van der Waals surface area contributed by atoms with Gasteiger partial charge in [-0.05, 0) is 43.7 Å². The van der Waals surface area contributed by atoms with Gasteiger partial charge in [-0.1, -0.05) is 24.9 Å². The first kappa shape index (κ1) is 26.2. The summed E-state index contributed by atoms with van der Waals surface area (Å²) in [5, 5.41) is 13.6. The molecular formula is C27H28ClFN4O4. The van der Waals surface area contributed by atoms with E-state index in [0.717, 1.165) is 23.9 Å². The second kappa shape index (κ2) is 11.5. The molecule has 0 aliphatic carbocycles. The minimum absolute atomic E-state index is 0.0667. The van der Waals surface area contributed by atoms with Crippen molar-refractivity contribution >= 4 is 34.3 Å². The number of nitrogens with zero attached hydrogens (tertiary/aromatic N) is 3. The van der Waals surface area contributed by atoms with Crippen LogP contribution in [0.25, 0.3) is 22.2 Å². The van der Waals surface area contributed by atoms with Crippen molar-refractivity contribution in [3.05, 3.63) is 64.8 Å². The first-order chi connectivity index (χ1) is 17.8. The molecule has 0 saturated carbocycles. The highest BCUT2D eigenvalue weighted by atomic mass is 35.5. The molecule has 0 amide bonds. The fourth-order valence-corrected chi connectivity index (χ4v) is 4.48. The van der Waals surface area contributed by atoms with Crippen LogP contribution in [0.15, 0.2) is 42.7 Å². The Kier molecular flexibility index (Phi) is 8.13. The lowest BCUT2D eigenvalue weighted by Crippen LogP contribution is -2.13. The van der Waals surface area contributed by atoms with Crippen molar-refractivity contribution in [2.24, 2.45) is 0 Å². The van der Waals surface area contributed by atoms with Crippen LogP contribution in [-0.4, -0.2) is 45.9 Å². The van der Waals surface area contributed by atoms with Crippen LogP contribution in [0.5, 0.6) is 11.5 Å². The minimum atomic E-state index is -1.16. The average molecular weight is 527 g/mol. The van der Waals surface area contributed by atoms with E-state index in [9.17, 15) is 14.3 Å². The van der Waals surface area contributed by atoms with E-state index in [-0.39, 0.29) is 22.2 Å². The van der Waals surface area contributed by atoms with Crippen LogP contribution in [0.2, 0.25) is 5.02 Å². The zero-order valence-electron chi connectivity index (χ0n) is 20.8. The molecule has 2 aromatic heterocycles.